The fourth-order valence-corrected chi connectivity index (χ4v) is 4.73. The van der Waals surface area contributed by atoms with Crippen molar-refractivity contribution in [2.75, 3.05) is 0 Å². The molecule has 0 fully saturated rings. The minimum absolute atomic E-state index is 0.0253. The van der Waals surface area contributed by atoms with Crippen LogP contribution in [-0.2, 0) is 17.6 Å². The molecular weight excluding hydrogens is 406 g/mol. The van der Waals surface area contributed by atoms with Crippen LogP contribution < -0.4 is 11.0 Å². The zero-order valence-corrected chi connectivity index (χ0v) is 17.0. The number of nitrogens with zero attached hydrogens (tertiary/aromatic N) is 4. The predicted molar refractivity (Wildman–Crippen MR) is 114 cm³/mol. The van der Waals surface area contributed by atoms with E-state index in [9.17, 15) is 19.7 Å². The second kappa shape index (κ2) is 8.15. The SMILES string of the molecule is C[C@H](C(=O)N/N=C\c1ccc([N+](=O)[O-])cc1)n1cnc2sc3c(c2c1=O)CCCC3. The molecule has 0 aliphatic heterocycles. The molecule has 30 heavy (non-hydrogen) atoms. The van der Waals surface area contributed by atoms with Gasteiger partial charge in [0.25, 0.3) is 17.2 Å². The highest BCUT2D eigenvalue weighted by Crippen LogP contribution is 2.33. The molecule has 10 heteroatoms. The minimum atomic E-state index is -0.789. The minimum Gasteiger partial charge on any atom is -0.286 e. The van der Waals surface area contributed by atoms with Gasteiger partial charge in [-0.05, 0) is 55.9 Å². The molecule has 0 saturated carbocycles. The van der Waals surface area contributed by atoms with E-state index in [2.05, 4.69) is 15.5 Å². The van der Waals surface area contributed by atoms with Crippen molar-refractivity contribution in [2.45, 2.75) is 38.6 Å². The largest absolute Gasteiger partial charge is 0.286 e. The number of nitro groups is 1. The number of amides is 1. The van der Waals surface area contributed by atoms with Crippen LogP contribution in [0.25, 0.3) is 10.2 Å². The molecule has 4 rings (SSSR count). The standard InChI is InChI=1S/C20H19N5O4S/c1-12(18(26)23-22-10-13-6-8-14(9-7-13)25(28)29)24-11-21-19-17(20(24)27)15-4-2-3-5-16(15)30-19/h6-12H,2-5H2,1H3,(H,23,26)/b22-10-/t12-/m1/s1. The number of hydrazone groups is 1. The first-order valence-electron chi connectivity index (χ1n) is 9.54. The monoisotopic (exact) mass is 425 g/mol. The van der Waals surface area contributed by atoms with Gasteiger partial charge in [-0.25, -0.2) is 10.4 Å². The summed E-state index contributed by atoms with van der Waals surface area (Å²) in [6.45, 7) is 1.62. The van der Waals surface area contributed by atoms with E-state index in [1.54, 1.807) is 18.3 Å². The Hall–Kier alpha value is -3.40. The number of carbonyl (C=O) groups excluding carboxylic acids is 1. The van der Waals surface area contributed by atoms with E-state index in [1.807, 2.05) is 0 Å². The number of hydrogen-bond donors (Lipinski definition) is 1. The summed E-state index contributed by atoms with van der Waals surface area (Å²) in [6.07, 6.45) is 6.82. The van der Waals surface area contributed by atoms with Gasteiger partial charge in [0, 0.05) is 17.0 Å². The number of rotatable bonds is 5. The maximum absolute atomic E-state index is 13.0. The van der Waals surface area contributed by atoms with Crippen molar-refractivity contribution in [1.29, 1.82) is 0 Å². The van der Waals surface area contributed by atoms with E-state index in [0.717, 1.165) is 36.1 Å². The van der Waals surface area contributed by atoms with Gasteiger partial charge in [-0.3, -0.25) is 24.3 Å². The second-order valence-electron chi connectivity index (χ2n) is 7.11. The molecule has 0 bridgehead atoms. The third kappa shape index (κ3) is 3.73. The Morgan fingerprint density at radius 2 is 2.07 bits per heavy atom. The van der Waals surface area contributed by atoms with Gasteiger partial charge >= 0.3 is 0 Å². The van der Waals surface area contributed by atoms with Crippen LogP contribution in [0.1, 0.15) is 41.8 Å². The number of non-ortho nitro benzene ring substituents is 1. The van der Waals surface area contributed by atoms with Crippen molar-refractivity contribution < 1.29 is 9.72 Å². The quantitative estimate of drug-likeness (QED) is 0.383. The molecule has 1 aromatic carbocycles. The maximum Gasteiger partial charge on any atom is 0.269 e. The van der Waals surface area contributed by atoms with E-state index < -0.39 is 16.9 Å². The molecule has 0 spiro atoms. The number of carbonyl (C=O) groups is 1. The second-order valence-corrected chi connectivity index (χ2v) is 8.19. The highest BCUT2D eigenvalue weighted by Gasteiger charge is 2.23. The molecule has 3 aromatic rings. The number of nitrogens with one attached hydrogen (secondary N) is 1. The van der Waals surface area contributed by atoms with Gasteiger partial charge in [0.1, 0.15) is 10.9 Å². The summed E-state index contributed by atoms with van der Waals surface area (Å²) in [6, 6.07) is 4.97. The third-order valence-corrected chi connectivity index (χ3v) is 6.39. The van der Waals surface area contributed by atoms with Gasteiger partial charge in [-0.2, -0.15) is 5.10 Å². The summed E-state index contributed by atoms with van der Waals surface area (Å²) in [5.74, 6) is -0.458. The van der Waals surface area contributed by atoms with Gasteiger partial charge in [-0.1, -0.05) is 0 Å². The zero-order valence-electron chi connectivity index (χ0n) is 16.2. The number of benzene rings is 1. The summed E-state index contributed by atoms with van der Waals surface area (Å²) in [7, 11) is 0. The lowest BCUT2D eigenvalue weighted by atomic mass is 9.97. The Kier molecular flexibility index (Phi) is 5.40. The molecule has 9 nitrogen and oxygen atoms in total. The maximum atomic E-state index is 13.0. The normalized spacial score (nSPS) is 14.6. The molecule has 1 aliphatic carbocycles. The highest BCUT2D eigenvalue weighted by molar-refractivity contribution is 7.18. The topological polar surface area (TPSA) is 119 Å². The van der Waals surface area contributed by atoms with Crippen LogP contribution in [0.4, 0.5) is 5.69 Å². The lowest BCUT2D eigenvalue weighted by Gasteiger charge is -2.14. The smallest absolute Gasteiger partial charge is 0.269 e. The number of aromatic nitrogens is 2. The first-order valence-corrected chi connectivity index (χ1v) is 10.4. The van der Waals surface area contributed by atoms with Crippen LogP contribution >= 0.6 is 11.3 Å². The van der Waals surface area contributed by atoms with Crippen molar-refractivity contribution in [3.8, 4) is 0 Å². The summed E-state index contributed by atoms with van der Waals surface area (Å²) >= 11 is 1.57. The molecule has 0 saturated heterocycles. The summed E-state index contributed by atoms with van der Waals surface area (Å²) in [4.78, 5) is 42.1. The van der Waals surface area contributed by atoms with Crippen LogP contribution in [0.3, 0.4) is 0 Å². The number of aryl methyl sites for hydroxylation is 2. The Morgan fingerprint density at radius 3 is 2.80 bits per heavy atom. The number of thiophene rings is 1. The third-order valence-electron chi connectivity index (χ3n) is 5.19. The molecule has 154 valence electrons. The molecular formula is C20H19N5O4S. The number of hydrogen-bond acceptors (Lipinski definition) is 7. The average Bonchev–Trinajstić information content (AvgIpc) is 3.13. The molecule has 1 amide bonds. The van der Waals surface area contributed by atoms with E-state index in [1.165, 1.54) is 46.3 Å². The van der Waals surface area contributed by atoms with Gasteiger partial charge in [0.2, 0.25) is 0 Å². The molecule has 1 N–H and O–H groups in total. The average molecular weight is 425 g/mol. The van der Waals surface area contributed by atoms with E-state index in [0.29, 0.717) is 10.9 Å². The summed E-state index contributed by atoms with van der Waals surface area (Å²) in [5.41, 5.74) is 3.85. The van der Waals surface area contributed by atoms with Gasteiger partial charge in [0.05, 0.1) is 22.9 Å². The lowest BCUT2D eigenvalue weighted by Crippen LogP contribution is -2.34. The van der Waals surface area contributed by atoms with E-state index in [4.69, 9.17) is 0 Å². The first-order chi connectivity index (χ1) is 14.5. The Labute approximate surface area is 175 Å². The summed E-state index contributed by atoms with van der Waals surface area (Å²) in [5, 5.41) is 15.2. The fraction of sp³-hybridized carbons (Fsp3) is 0.300. The molecule has 1 aliphatic rings. The number of nitro benzene ring substituents is 1. The van der Waals surface area contributed by atoms with Crippen LogP contribution in [0.2, 0.25) is 0 Å². The van der Waals surface area contributed by atoms with Gasteiger partial charge in [0.15, 0.2) is 0 Å². The fourth-order valence-electron chi connectivity index (χ4n) is 3.51. The van der Waals surface area contributed by atoms with Crippen molar-refractivity contribution >= 4 is 39.4 Å². The molecule has 2 aromatic heterocycles. The zero-order chi connectivity index (χ0) is 21.3. The Bertz CT molecular complexity index is 1210. The predicted octanol–water partition coefficient (Wildman–Crippen LogP) is 2.96. The van der Waals surface area contributed by atoms with Crippen molar-refractivity contribution in [2.24, 2.45) is 5.10 Å². The van der Waals surface area contributed by atoms with E-state index in [-0.39, 0.29) is 11.2 Å². The van der Waals surface area contributed by atoms with Crippen LogP contribution in [0.15, 0.2) is 40.5 Å². The van der Waals surface area contributed by atoms with Crippen molar-refractivity contribution in [3.05, 3.63) is 67.1 Å². The van der Waals surface area contributed by atoms with Gasteiger partial charge < -0.3 is 0 Å². The molecule has 1 atom stereocenters. The van der Waals surface area contributed by atoms with Crippen LogP contribution in [0.5, 0.6) is 0 Å². The Balaban J connectivity index is 1.51. The number of fused-ring (bicyclic) bond motifs is 3. The van der Waals surface area contributed by atoms with E-state index >= 15 is 0 Å². The van der Waals surface area contributed by atoms with Crippen molar-refractivity contribution in [3.63, 3.8) is 0 Å². The van der Waals surface area contributed by atoms with Crippen molar-refractivity contribution in [1.82, 2.24) is 15.0 Å². The van der Waals surface area contributed by atoms with Crippen LogP contribution in [0, 0.1) is 10.1 Å². The van der Waals surface area contributed by atoms with Crippen LogP contribution in [-0.4, -0.2) is 26.6 Å². The van der Waals surface area contributed by atoms with Gasteiger partial charge in [-0.15, -0.1) is 11.3 Å². The first kappa shape index (κ1) is 19.9. The summed E-state index contributed by atoms with van der Waals surface area (Å²) < 4.78 is 1.33. The highest BCUT2D eigenvalue weighted by atomic mass is 32.1. The molecule has 0 unspecified atom stereocenters. The molecule has 0 radical (unpaired) electrons. The lowest BCUT2D eigenvalue weighted by molar-refractivity contribution is -0.384. The molecule has 2 heterocycles. The Morgan fingerprint density at radius 1 is 1.33 bits per heavy atom.